The largest absolute Gasteiger partial charge is 0.468 e. The molecule has 0 aliphatic carbocycles. The van der Waals surface area contributed by atoms with Crippen molar-refractivity contribution in [2.75, 3.05) is 7.11 Å². The van der Waals surface area contributed by atoms with E-state index in [2.05, 4.69) is 22.5 Å². The number of hydrogen-bond donors (Lipinski definition) is 0. The summed E-state index contributed by atoms with van der Waals surface area (Å²) in [4.78, 5) is 16.3. The molecule has 0 aliphatic heterocycles. The van der Waals surface area contributed by atoms with E-state index in [1.54, 1.807) is 17.8 Å². The first-order chi connectivity index (χ1) is 10.7. The zero-order valence-corrected chi connectivity index (χ0v) is 13.2. The lowest BCUT2D eigenvalue weighted by Gasteiger charge is -2.05. The molecule has 0 unspecified atom stereocenters. The van der Waals surface area contributed by atoms with Crippen molar-refractivity contribution in [1.82, 2.24) is 9.55 Å². The van der Waals surface area contributed by atoms with Crippen molar-refractivity contribution >= 4 is 28.8 Å². The maximum Gasteiger partial charge on any atom is 0.341 e. The number of furan rings is 1. The van der Waals surface area contributed by atoms with Crippen LogP contribution in [-0.2, 0) is 17.0 Å². The standard InChI is InChI=1S/C16H16N2O3S/c1-3-18-13-7-5-4-6-12(13)17-16(18)22-10-14-11(8-9-21-14)15(19)20-2/h4-9H,3,10H2,1-2H3. The summed E-state index contributed by atoms with van der Waals surface area (Å²) in [6, 6.07) is 9.67. The number of methoxy groups -OCH3 is 1. The summed E-state index contributed by atoms with van der Waals surface area (Å²) < 4.78 is 12.3. The third kappa shape index (κ3) is 2.62. The number of aromatic nitrogens is 2. The third-order valence-electron chi connectivity index (χ3n) is 3.42. The number of hydrogen-bond acceptors (Lipinski definition) is 5. The number of carbonyl (C=O) groups excluding carboxylic acids is 1. The molecule has 2 aromatic heterocycles. The fourth-order valence-electron chi connectivity index (χ4n) is 2.34. The van der Waals surface area contributed by atoms with E-state index in [1.807, 2.05) is 18.2 Å². The molecule has 0 aliphatic rings. The Balaban J connectivity index is 1.85. The number of esters is 1. The van der Waals surface area contributed by atoms with Gasteiger partial charge in [-0.25, -0.2) is 9.78 Å². The molecule has 0 amide bonds. The number of rotatable bonds is 5. The lowest BCUT2D eigenvalue weighted by molar-refractivity contribution is 0.0598. The Morgan fingerprint density at radius 2 is 2.18 bits per heavy atom. The van der Waals surface area contributed by atoms with Gasteiger partial charge in [0.1, 0.15) is 11.3 Å². The lowest BCUT2D eigenvalue weighted by Crippen LogP contribution is -2.02. The van der Waals surface area contributed by atoms with Crippen LogP contribution >= 0.6 is 11.8 Å². The van der Waals surface area contributed by atoms with Crippen molar-refractivity contribution in [2.24, 2.45) is 0 Å². The number of thioether (sulfide) groups is 1. The molecule has 1 aromatic carbocycles. The molecule has 0 saturated heterocycles. The van der Waals surface area contributed by atoms with E-state index < -0.39 is 0 Å². The molecule has 0 bridgehead atoms. The average Bonchev–Trinajstić information content (AvgIpc) is 3.15. The summed E-state index contributed by atoms with van der Waals surface area (Å²) in [5.74, 6) is 0.751. The van der Waals surface area contributed by atoms with Crippen LogP contribution in [0.3, 0.4) is 0 Å². The monoisotopic (exact) mass is 316 g/mol. The molecular formula is C16H16N2O3S. The van der Waals surface area contributed by atoms with Crippen LogP contribution in [0.25, 0.3) is 11.0 Å². The molecule has 5 nitrogen and oxygen atoms in total. The van der Waals surface area contributed by atoms with Crippen LogP contribution in [0, 0.1) is 0 Å². The number of fused-ring (bicyclic) bond motifs is 1. The van der Waals surface area contributed by atoms with Gasteiger partial charge in [0.05, 0.1) is 30.2 Å². The van der Waals surface area contributed by atoms with E-state index >= 15 is 0 Å². The van der Waals surface area contributed by atoms with Crippen molar-refractivity contribution in [3.63, 3.8) is 0 Å². The zero-order chi connectivity index (χ0) is 15.5. The summed E-state index contributed by atoms with van der Waals surface area (Å²) >= 11 is 1.55. The highest BCUT2D eigenvalue weighted by Crippen LogP contribution is 2.28. The highest BCUT2D eigenvalue weighted by Gasteiger charge is 2.17. The first-order valence-corrected chi connectivity index (χ1v) is 7.96. The van der Waals surface area contributed by atoms with E-state index in [4.69, 9.17) is 9.15 Å². The van der Waals surface area contributed by atoms with E-state index in [9.17, 15) is 4.79 Å². The zero-order valence-electron chi connectivity index (χ0n) is 12.4. The topological polar surface area (TPSA) is 57.3 Å². The average molecular weight is 316 g/mol. The van der Waals surface area contributed by atoms with Gasteiger partial charge in [0.15, 0.2) is 5.16 Å². The smallest absolute Gasteiger partial charge is 0.341 e. The maximum absolute atomic E-state index is 11.7. The number of carbonyl (C=O) groups is 1. The molecule has 0 spiro atoms. The molecule has 0 N–H and O–H groups in total. The Kier molecular flexibility index (Phi) is 4.20. The van der Waals surface area contributed by atoms with E-state index in [0.29, 0.717) is 17.1 Å². The fourth-order valence-corrected chi connectivity index (χ4v) is 3.37. The minimum Gasteiger partial charge on any atom is -0.468 e. The molecule has 22 heavy (non-hydrogen) atoms. The Morgan fingerprint density at radius 1 is 1.36 bits per heavy atom. The minimum absolute atomic E-state index is 0.381. The first kappa shape index (κ1) is 14.7. The van der Waals surface area contributed by atoms with Crippen molar-refractivity contribution in [1.29, 1.82) is 0 Å². The molecule has 114 valence electrons. The van der Waals surface area contributed by atoms with Gasteiger partial charge in [-0.05, 0) is 25.1 Å². The number of nitrogens with zero attached hydrogens (tertiary/aromatic N) is 2. The predicted molar refractivity (Wildman–Crippen MR) is 85.0 cm³/mol. The summed E-state index contributed by atoms with van der Waals surface area (Å²) in [6.07, 6.45) is 1.50. The van der Waals surface area contributed by atoms with Crippen LogP contribution < -0.4 is 0 Å². The first-order valence-electron chi connectivity index (χ1n) is 6.97. The van der Waals surface area contributed by atoms with Gasteiger partial charge in [-0.1, -0.05) is 23.9 Å². The van der Waals surface area contributed by atoms with Crippen molar-refractivity contribution in [2.45, 2.75) is 24.4 Å². The van der Waals surface area contributed by atoms with Crippen LogP contribution in [0.5, 0.6) is 0 Å². The van der Waals surface area contributed by atoms with E-state index in [0.717, 1.165) is 22.7 Å². The Hall–Kier alpha value is -2.21. The van der Waals surface area contributed by atoms with Gasteiger partial charge in [-0.3, -0.25) is 0 Å². The summed E-state index contributed by atoms with van der Waals surface area (Å²) in [5.41, 5.74) is 2.55. The predicted octanol–water partition coefficient (Wildman–Crippen LogP) is 3.73. The number of imidazole rings is 1. The fraction of sp³-hybridized carbons (Fsp3) is 0.250. The molecule has 3 aromatic rings. The molecule has 6 heteroatoms. The summed E-state index contributed by atoms with van der Waals surface area (Å²) in [6.45, 7) is 2.93. The molecule has 0 atom stereocenters. The molecular weight excluding hydrogens is 300 g/mol. The van der Waals surface area contributed by atoms with E-state index in [-0.39, 0.29) is 5.97 Å². The summed E-state index contributed by atoms with van der Waals surface area (Å²) in [7, 11) is 1.36. The highest BCUT2D eigenvalue weighted by atomic mass is 32.2. The van der Waals surface area contributed by atoms with Crippen molar-refractivity contribution in [3.05, 3.63) is 47.9 Å². The second kappa shape index (κ2) is 6.27. The van der Waals surface area contributed by atoms with Gasteiger partial charge in [0, 0.05) is 6.54 Å². The minimum atomic E-state index is -0.381. The molecule has 2 heterocycles. The number of ether oxygens (including phenoxy) is 1. The van der Waals surface area contributed by atoms with Gasteiger partial charge >= 0.3 is 5.97 Å². The summed E-state index contributed by atoms with van der Waals surface area (Å²) in [5, 5.41) is 0.913. The van der Waals surface area contributed by atoms with Crippen molar-refractivity contribution < 1.29 is 13.9 Å². The maximum atomic E-state index is 11.7. The Bertz CT molecular complexity index is 807. The van der Waals surface area contributed by atoms with Gasteiger partial charge in [0.25, 0.3) is 0 Å². The Labute approximate surface area is 132 Å². The number of para-hydroxylation sites is 2. The van der Waals surface area contributed by atoms with Gasteiger partial charge in [-0.15, -0.1) is 0 Å². The van der Waals surface area contributed by atoms with Gasteiger partial charge < -0.3 is 13.7 Å². The van der Waals surface area contributed by atoms with Gasteiger partial charge in [-0.2, -0.15) is 0 Å². The molecule has 0 fully saturated rings. The molecule has 3 rings (SSSR count). The van der Waals surface area contributed by atoms with Crippen molar-refractivity contribution in [3.8, 4) is 0 Å². The number of benzene rings is 1. The Morgan fingerprint density at radius 3 is 2.95 bits per heavy atom. The highest BCUT2D eigenvalue weighted by molar-refractivity contribution is 7.98. The van der Waals surface area contributed by atoms with Crippen LogP contribution in [0.4, 0.5) is 0 Å². The SMILES string of the molecule is CCn1c(SCc2occc2C(=O)OC)nc2ccccc21. The second-order valence-electron chi connectivity index (χ2n) is 4.67. The van der Waals surface area contributed by atoms with Crippen LogP contribution in [0.1, 0.15) is 23.0 Å². The third-order valence-corrected chi connectivity index (χ3v) is 4.40. The second-order valence-corrected chi connectivity index (χ2v) is 5.61. The van der Waals surface area contributed by atoms with Crippen LogP contribution in [0.15, 0.2) is 46.2 Å². The quantitative estimate of drug-likeness (QED) is 0.530. The number of aryl methyl sites for hydroxylation is 1. The molecule has 0 radical (unpaired) electrons. The molecule has 0 saturated carbocycles. The van der Waals surface area contributed by atoms with Crippen LogP contribution in [-0.4, -0.2) is 22.6 Å². The van der Waals surface area contributed by atoms with E-state index in [1.165, 1.54) is 13.4 Å². The lowest BCUT2D eigenvalue weighted by atomic mass is 10.3. The normalized spacial score (nSPS) is 11.0. The van der Waals surface area contributed by atoms with Gasteiger partial charge in [0.2, 0.25) is 0 Å². The van der Waals surface area contributed by atoms with Crippen LogP contribution in [0.2, 0.25) is 0 Å².